The van der Waals surface area contributed by atoms with Crippen LogP contribution in [0.3, 0.4) is 0 Å². The van der Waals surface area contributed by atoms with Gasteiger partial charge in [0, 0.05) is 25.2 Å². The van der Waals surface area contributed by atoms with Crippen molar-refractivity contribution in [2.45, 2.75) is 4.90 Å². The highest BCUT2D eigenvalue weighted by molar-refractivity contribution is 7.86. The van der Waals surface area contributed by atoms with Gasteiger partial charge in [0.05, 0.1) is 23.8 Å². The van der Waals surface area contributed by atoms with Crippen molar-refractivity contribution in [2.75, 3.05) is 31.2 Å². The minimum atomic E-state index is -4.53. The summed E-state index contributed by atoms with van der Waals surface area (Å²) in [5, 5.41) is 10.7. The highest BCUT2D eigenvalue weighted by Crippen LogP contribution is 2.29. The molecule has 0 amide bonds. The molecule has 0 saturated carbocycles. The molecule has 0 unspecified atom stereocenters. The summed E-state index contributed by atoms with van der Waals surface area (Å²) in [7, 11) is -4.53. The number of anilines is 1. The number of ether oxygens (including phenoxy) is 1. The second-order valence-electron chi connectivity index (χ2n) is 3.98. The van der Waals surface area contributed by atoms with E-state index in [4.69, 9.17) is 4.74 Å². The van der Waals surface area contributed by atoms with Gasteiger partial charge in [-0.05, 0) is 6.07 Å². The maximum absolute atomic E-state index is 11.3. The number of nitro benzene ring substituents is 1. The zero-order valence-electron chi connectivity index (χ0n) is 9.85. The molecule has 0 atom stereocenters. The van der Waals surface area contributed by atoms with E-state index in [2.05, 4.69) is 0 Å². The Morgan fingerprint density at radius 3 is 2.47 bits per heavy atom. The van der Waals surface area contributed by atoms with Crippen LogP contribution in [0.1, 0.15) is 0 Å². The van der Waals surface area contributed by atoms with Gasteiger partial charge in [0.25, 0.3) is 15.8 Å². The molecule has 1 N–H and O–H groups in total. The average molecular weight is 288 g/mol. The first-order valence-corrected chi connectivity index (χ1v) is 6.92. The average Bonchev–Trinajstić information content (AvgIpc) is 2.38. The Labute approximate surface area is 109 Å². The third kappa shape index (κ3) is 3.00. The number of rotatable bonds is 3. The lowest BCUT2D eigenvalue weighted by Gasteiger charge is -2.29. The molecule has 0 radical (unpaired) electrons. The SMILES string of the molecule is O=[N+]([O-])c1ccc(N2CCOCC2)c(S(=O)(=O)O)c1. The molecule has 104 valence electrons. The molecule has 1 aliphatic rings. The van der Waals surface area contributed by atoms with Gasteiger partial charge in [0.1, 0.15) is 4.90 Å². The molecule has 0 bridgehead atoms. The summed E-state index contributed by atoms with van der Waals surface area (Å²) < 4.78 is 37.0. The van der Waals surface area contributed by atoms with Gasteiger partial charge >= 0.3 is 0 Å². The Hall–Kier alpha value is -1.71. The van der Waals surface area contributed by atoms with Crippen molar-refractivity contribution < 1.29 is 22.6 Å². The zero-order chi connectivity index (χ0) is 14.0. The molecule has 9 heteroatoms. The van der Waals surface area contributed by atoms with Gasteiger partial charge in [-0.3, -0.25) is 14.7 Å². The van der Waals surface area contributed by atoms with Crippen LogP contribution in [0.2, 0.25) is 0 Å². The van der Waals surface area contributed by atoms with Crippen molar-refractivity contribution in [1.82, 2.24) is 0 Å². The van der Waals surface area contributed by atoms with Gasteiger partial charge in [-0.15, -0.1) is 0 Å². The van der Waals surface area contributed by atoms with E-state index >= 15 is 0 Å². The fraction of sp³-hybridized carbons (Fsp3) is 0.400. The normalized spacial score (nSPS) is 16.4. The maximum Gasteiger partial charge on any atom is 0.296 e. The van der Waals surface area contributed by atoms with E-state index in [9.17, 15) is 23.1 Å². The molecular formula is C10H12N2O6S. The van der Waals surface area contributed by atoms with Crippen LogP contribution in [-0.2, 0) is 14.9 Å². The van der Waals surface area contributed by atoms with Crippen LogP contribution >= 0.6 is 0 Å². The summed E-state index contributed by atoms with van der Waals surface area (Å²) in [6.45, 7) is 1.78. The Bertz CT molecular complexity index is 594. The fourth-order valence-corrected chi connectivity index (χ4v) is 2.62. The first-order valence-electron chi connectivity index (χ1n) is 5.48. The molecule has 2 rings (SSSR count). The largest absolute Gasteiger partial charge is 0.378 e. The summed E-state index contributed by atoms with van der Waals surface area (Å²) in [4.78, 5) is 11.2. The van der Waals surface area contributed by atoms with Crippen LogP contribution in [0.15, 0.2) is 23.1 Å². The summed E-state index contributed by atoms with van der Waals surface area (Å²) in [5.41, 5.74) is -0.138. The van der Waals surface area contributed by atoms with Crippen molar-refractivity contribution in [2.24, 2.45) is 0 Å². The predicted octanol–water partition coefficient (Wildman–Crippen LogP) is 0.678. The van der Waals surface area contributed by atoms with Crippen molar-refractivity contribution in [3.8, 4) is 0 Å². The molecule has 0 spiro atoms. The fourth-order valence-electron chi connectivity index (χ4n) is 1.89. The lowest BCUT2D eigenvalue weighted by Crippen LogP contribution is -2.37. The monoisotopic (exact) mass is 288 g/mol. The highest BCUT2D eigenvalue weighted by atomic mass is 32.2. The topological polar surface area (TPSA) is 110 Å². The van der Waals surface area contributed by atoms with Crippen molar-refractivity contribution in [3.63, 3.8) is 0 Å². The number of non-ortho nitro benzene ring substituents is 1. The van der Waals surface area contributed by atoms with E-state index in [0.717, 1.165) is 6.07 Å². The van der Waals surface area contributed by atoms with Crippen molar-refractivity contribution >= 4 is 21.5 Å². The number of nitro groups is 1. The number of morpholine rings is 1. The Morgan fingerprint density at radius 2 is 1.95 bits per heavy atom. The first-order chi connectivity index (χ1) is 8.89. The summed E-state index contributed by atoms with van der Waals surface area (Å²) >= 11 is 0. The molecule has 1 saturated heterocycles. The van der Waals surface area contributed by atoms with Gasteiger partial charge in [-0.2, -0.15) is 8.42 Å². The summed E-state index contributed by atoms with van der Waals surface area (Å²) in [6, 6.07) is 3.40. The van der Waals surface area contributed by atoms with Gasteiger partial charge in [0.15, 0.2) is 0 Å². The van der Waals surface area contributed by atoms with E-state index < -0.39 is 19.9 Å². The van der Waals surface area contributed by atoms with Crippen LogP contribution < -0.4 is 4.90 Å². The van der Waals surface area contributed by atoms with E-state index in [1.807, 2.05) is 0 Å². The number of benzene rings is 1. The standard InChI is InChI=1S/C10H12N2O6S/c13-12(14)8-1-2-9(10(7-8)19(15,16)17)11-3-5-18-6-4-11/h1-2,7H,3-6H2,(H,15,16,17). The molecule has 19 heavy (non-hydrogen) atoms. The Balaban J connectivity index is 2.50. The minimum Gasteiger partial charge on any atom is -0.378 e. The van der Waals surface area contributed by atoms with Crippen LogP contribution in [0.4, 0.5) is 11.4 Å². The van der Waals surface area contributed by atoms with Crippen LogP contribution in [0.25, 0.3) is 0 Å². The van der Waals surface area contributed by atoms with Crippen LogP contribution in [0, 0.1) is 10.1 Å². The molecular weight excluding hydrogens is 276 g/mol. The van der Waals surface area contributed by atoms with Gasteiger partial charge in [-0.25, -0.2) is 0 Å². The number of hydrogen-bond donors (Lipinski definition) is 1. The van der Waals surface area contributed by atoms with E-state index in [1.54, 1.807) is 4.90 Å². The summed E-state index contributed by atoms with van der Waals surface area (Å²) in [6.07, 6.45) is 0. The van der Waals surface area contributed by atoms with E-state index in [-0.39, 0.29) is 11.4 Å². The lowest BCUT2D eigenvalue weighted by atomic mass is 10.2. The maximum atomic E-state index is 11.3. The van der Waals surface area contributed by atoms with E-state index in [1.165, 1.54) is 12.1 Å². The van der Waals surface area contributed by atoms with Gasteiger partial charge < -0.3 is 9.64 Å². The zero-order valence-corrected chi connectivity index (χ0v) is 10.7. The van der Waals surface area contributed by atoms with Crippen LogP contribution in [0.5, 0.6) is 0 Å². The third-order valence-corrected chi connectivity index (χ3v) is 3.67. The molecule has 0 aromatic heterocycles. The molecule has 1 fully saturated rings. The number of hydrogen-bond acceptors (Lipinski definition) is 6. The second-order valence-corrected chi connectivity index (χ2v) is 5.37. The lowest BCUT2D eigenvalue weighted by molar-refractivity contribution is -0.385. The minimum absolute atomic E-state index is 0.247. The molecule has 0 aliphatic carbocycles. The smallest absolute Gasteiger partial charge is 0.296 e. The Kier molecular flexibility index (Phi) is 3.69. The van der Waals surface area contributed by atoms with Crippen molar-refractivity contribution in [1.29, 1.82) is 0 Å². The van der Waals surface area contributed by atoms with E-state index in [0.29, 0.717) is 26.3 Å². The van der Waals surface area contributed by atoms with Gasteiger partial charge in [0.2, 0.25) is 0 Å². The first kappa shape index (κ1) is 13.7. The summed E-state index contributed by atoms with van der Waals surface area (Å²) in [5.74, 6) is 0. The second kappa shape index (κ2) is 5.11. The molecule has 8 nitrogen and oxygen atoms in total. The highest BCUT2D eigenvalue weighted by Gasteiger charge is 2.24. The quantitative estimate of drug-likeness (QED) is 0.494. The number of nitrogens with zero attached hydrogens (tertiary/aromatic N) is 2. The van der Waals surface area contributed by atoms with Gasteiger partial charge in [-0.1, -0.05) is 0 Å². The predicted molar refractivity (Wildman–Crippen MR) is 65.9 cm³/mol. The molecule has 1 aromatic carbocycles. The Morgan fingerprint density at radius 1 is 1.32 bits per heavy atom. The molecule has 1 aromatic rings. The molecule has 1 aliphatic heterocycles. The van der Waals surface area contributed by atoms with Crippen LogP contribution in [-0.4, -0.2) is 44.2 Å². The molecule has 1 heterocycles. The third-order valence-electron chi connectivity index (χ3n) is 2.78. The van der Waals surface area contributed by atoms with Crippen molar-refractivity contribution in [3.05, 3.63) is 28.3 Å².